The highest BCUT2D eigenvalue weighted by Gasteiger charge is 2.36. The summed E-state index contributed by atoms with van der Waals surface area (Å²) in [6.07, 6.45) is 0.861. The highest BCUT2D eigenvalue weighted by molar-refractivity contribution is 5.67. The van der Waals surface area contributed by atoms with Crippen molar-refractivity contribution in [1.82, 2.24) is 0 Å². The minimum absolute atomic E-state index is 0.262. The molecule has 0 amide bonds. The standard InChI is InChI=1S/C10H20O5/c1-9(2,13)10(3,14)5-4-6-15-7-8(11)12/h13-14H,4-7H2,1-3H3,(H,11,12). The Hall–Kier alpha value is -0.650. The van der Waals surface area contributed by atoms with Crippen LogP contribution >= 0.6 is 0 Å². The maximum atomic E-state index is 10.1. The Morgan fingerprint density at radius 3 is 2.20 bits per heavy atom. The number of ether oxygens (including phenoxy) is 1. The number of hydrogen-bond donors (Lipinski definition) is 3. The zero-order valence-corrected chi connectivity index (χ0v) is 9.49. The minimum atomic E-state index is -1.19. The molecule has 0 heterocycles. The van der Waals surface area contributed by atoms with Crippen molar-refractivity contribution in [3.8, 4) is 0 Å². The SMILES string of the molecule is CC(C)(O)C(C)(O)CCCOCC(=O)O. The zero-order chi connectivity index (χ0) is 12.1. The smallest absolute Gasteiger partial charge is 0.329 e. The molecule has 0 saturated carbocycles. The van der Waals surface area contributed by atoms with Gasteiger partial charge in [-0.3, -0.25) is 0 Å². The van der Waals surface area contributed by atoms with Gasteiger partial charge in [-0.2, -0.15) is 0 Å². The van der Waals surface area contributed by atoms with E-state index < -0.39 is 17.2 Å². The lowest BCUT2D eigenvalue weighted by molar-refractivity contribution is -0.143. The average Bonchev–Trinajstić information content (AvgIpc) is 2.00. The van der Waals surface area contributed by atoms with Crippen LogP contribution < -0.4 is 0 Å². The van der Waals surface area contributed by atoms with Gasteiger partial charge in [0.05, 0.1) is 11.2 Å². The molecule has 0 spiro atoms. The fourth-order valence-electron chi connectivity index (χ4n) is 0.984. The summed E-state index contributed by atoms with van der Waals surface area (Å²) in [4.78, 5) is 10.1. The normalized spacial score (nSPS) is 16.1. The Morgan fingerprint density at radius 1 is 1.27 bits per heavy atom. The summed E-state index contributed by atoms with van der Waals surface area (Å²) in [7, 11) is 0. The van der Waals surface area contributed by atoms with Gasteiger partial charge in [0.25, 0.3) is 0 Å². The quantitative estimate of drug-likeness (QED) is 0.540. The number of carboxylic acid groups (broad SMARTS) is 1. The minimum Gasteiger partial charge on any atom is -0.480 e. The van der Waals surface area contributed by atoms with Crippen LogP contribution in [0.5, 0.6) is 0 Å². The molecule has 5 heteroatoms. The highest BCUT2D eigenvalue weighted by Crippen LogP contribution is 2.25. The van der Waals surface area contributed by atoms with E-state index in [4.69, 9.17) is 9.84 Å². The Balaban J connectivity index is 3.72. The van der Waals surface area contributed by atoms with Gasteiger partial charge in [0.2, 0.25) is 0 Å². The number of aliphatic carboxylic acids is 1. The topological polar surface area (TPSA) is 87.0 Å². The summed E-state index contributed by atoms with van der Waals surface area (Å²) in [5.41, 5.74) is -2.38. The Morgan fingerprint density at radius 2 is 1.80 bits per heavy atom. The third kappa shape index (κ3) is 5.71. The first kappa shape index (κ1) is 14.3. The van der Waals surface area contributed by atoms with E-state index in [0.29, 0.717) is 12.8 Å². The van der Waals surface area contributed by atoms with Crippen LogP contribution in [0.1, 0.15) is 33.6 Å². The number of aliphatic hydroxyl groups is 2. The molecule has 5 nitrogen and oxygen atoms in total. The van der Waals surface area contributed by atoms with Crippen LogP contribution in [0.15, 0.2) is 0 Å². The van der Waals surface area contributed by atoms with Gasteiger partial charge in [0, 0.05) is 6.61 Å². The predicted molar refractivity (Wildman–Crippen MR) is 54.6 cm³/mol. The summed E-state index contributed by atoms with van der Waals surface area (Å²) in [6, 6.07) is 0. The maximum absolute atomic E-state index is 10.1. The van der Waals surface area contributed by atoms with E-state index in [1.807, 2.05) is 0 Å². The molecule has 0 fully saturated rings. The Bertz CT molecular complexity index is 204. The van der Waals surface area contributed by atoms with Crippen molar-refractivity contribution >= 4 is 5.97 Å². The number of rotatable bonds is 7. The van der Waals surface area contributed by atoms with Crippen LogP contribution in [0.3, 0.4) is 0 Å². The molecule has 0 aromatic carbocycles. The van der Waals surface area contributed by atoms with Crippen LogP contribution in [0, 0.1) is 0 Å². The molecule has 0 aliphatic rings. The molecule has 0 aromatic heterocycles. The van der Waals surface area contributed by atoms with E-state index in [1.54, 1.807) is 6.92 Å². The van der Waals surface area contributed by atoms with Crippen molar-refractivity contribution in [3.05, 3.63) is 0 Å². The molecule has 0 bridgehead atoms. The van der Waals surface area contributed by atoms with E-state index in [-0.39, 0.29) is 13.2 Å². The molecule has 1 atom stereocenters. The second kappa shape index (κ2) is 5.44. The van der Waals surface area contributed by atoms with Gasteiger partial charge in [-0.1, -0.05) is 0 Å². The fraction of sp³-hybridized carbons (Fsp3) is 0.900. The molecule has 1 unspecified atom stereocenters. The van der Waals surface area contributed by atoms with Gasteiger partial charge in [-0.05, 0) is 33.6 Å². The highest BCUT2D eigenvalue weighted by atomic mass is 16.5. The predicted octanol–water partition coefficient (Wildman–Crippen LogP) is 0.390. The van der Waals surface area contributed by atoms with E-state index >= 15 is 0 Å². The van der Waals surface area contributed by atoms with Gasteiger partial charge < -0.3 is 20.1 Å². The first-order valence-electron chi connectivity index (χ1n) is 4.91. The van der Waals surface area contributed by atoms with Gasteiger partial charge in [-0.15, -0.1) is 0 Å². The van der Waals surface area contributed by atoms with Crippen molar-refractivity contribution in [3.63, 3.8) is 0 Å². The van der Waals surface area contributed by atoms with Crippen LogP contribution in [0.25, 0.3) is 0 Å². The molecular formula is C10H20O5. The van der Waals surface area contributed by atoms with E-state index in [9.17, 15) is 15.0 Å². The van der Waals surface area contributed by atoms with Crippen molar-refractivity contribution < 1.29 is 24.9 Å². The van der Waals surface area contributed by atoms with Crippen LogP contribution in [0.2, 0.25) is 0 Å². The number of hydrogen-bond acceptors (Lipinski definition) is 4. The molecule has 0 aromatic rings. The largest absolute Gasteiger partial charge is 0.480 e. The molecule has 0 saturated heterocycles. The lowest BCUT2D eigenvalue weighted by Gasteiger charge is -2.35. The van der Waals surface area contributed by atoms with E-state index in [0.717, 1.165) is 0 Å². The third-order valence-corrected chi connectivity index (χ3v) is 2.50. The summed E-state index contributed by atoms with van der Waals surface area (Å²) in [5, 5.41) is 27.7. The Kier molecular flexibility index (Phi) is 5.20. The summed E-state index contributed by atoms with van der Waals surface area (Å²) < 4.78 is 4.81. The molecule has 0 rings (SSSR count). The second-order valence-corrected chi connectivity index (χ2v) is 4.38. The van der Waals surface area contributed by atoms with Crippen LogP contribution in [-0.2, 0) is 9.53 Å². The van der Waals surface area contributed by atoms with Crippen molar-refractivity contribution in [2.75, 3.05) is 13.2 Å². The number of carbonyl (C=O) groups is 1. The summed E-state index contributed by atoms with van der Waals surface area (Å²) in [6.45, 7) is 4.55. The Labute approximate surface area is 89.7 Å². The fourth-order valence-corrected chi connectivity index (χ4v) is 0.984. The molecule has 90 valence electrons. The van der Waals surface area contributed by atoms with Crippen LogP contribution in [-0.4, -0.2) is 45.7 Å². The van der Waals surface area contributed by atoms with E-state index in [1.165, 1.54) is 13.8 Å². The lowest BCUT2D eigenvalue weighted by atomic mass is 9.84. The van der Waals surface area contributed by atoms with Gasteiger partial charge in [-0.25, -0.2) is 4.79 Å². The maximum Gasteiger partial charge on any atom is 0.329 e. The molecule has 0 radical (unpaired) electrons. The van der Waals surface area contributed by atoms with Crippen molar-refractivity contribution in [2.45, 2.75) is 44.8 Å². The lowest BCUT2D eigenvalue weighted by Crippen LogP contribution is -2.47. The van der Waals surface area contributed by atoms with Crippen LogP contribution in [0.4, 0.5) is 0 Å². The first-order valence-corrected chi connectivity index (χ1v) is 4.91. The van der Waals surface area contributed by atoms with Gasteiger partial charge >= 0.3 is 5.97 Å². The number of carboxylic acids is 1. The first-order chi connectivity index (χ1) is 6.67. The third-order valence-electron chi connectivity index (χ3n) is 2.50. The van der Waals surface area contributed by atoms with Gasteiger partial charge in [0.1, 0.15) is 6.61 Å². The molecular weight excluding hydrogens is 200 g/mol. The average molecular weight is 220 g/mol. The van der Waals surface area contributed by atoms with Gasteiger partial charge in [0.15, 0.2) is 0 Å². The van der Waals surface area contributed by atoms with Crippen molar-refractivity contribution in [2.24, 2.45) is 0 Å². The van der Waals surface area contributed by atoms with E-state index in [2.05, 4.69) is 0 Å². The summed E-state index contributed by atoms with van der Waals surface area (Å²) in [5.74, 6) is -1.01. The molecule has 0 aliphatic heterocycles. The van der Waals surface area contributed by atoms with Crippen molar-refractivity contribution in [1.29, 1.82) is 0 Å². The summed E-state index contributed by atoms with van der Waals surface area (Å²) >= 11 is 0. The monoisotopic (exact) mass is 220 g/mol. The molecule has 15 heavy (non-hydrogen) atoms. The molecule has 3 N–H and O–H groups in total. The second-order valence-electron chi connectivity index (χ2n) is 4.38. The molecule has 0 aliphatic carbocycles. The zero-order valence-electron chi connectivity index (χ0n) is 9.49.